The summed E-state index contributed by atoms with van der Waals surface area (Å²) in [5, 5.41) is 4.88. The van der Waals surface area contributed by atoms with Crippen molar-refractivity contribution in [2.24, 2.45) is 11.8 Å². The Morgan fingerprint density at radius 2 is 1.93 bits per heavy atom. The van der Waals surface area contributed by atoms with E-state index in [1.807, 2.05) is 31.2 Å². The number of anilines is 1. The van der Waals surface area contributed by atoms with Crippen LogP contribution in [0, 0.1) is 18.8 Å². The molecule has 27 heavy (non-hydrogen) atoms. The predicted molar refractivity (Wildman–Crippen MR) is 102 cm³/mol. The van der Waals surface area contributed by atoms with Gasteiger partial charge in [0.2, 0.25) is 5.91 Å². The van der Waals surface area contributed by atoms with Gasteiger partial charge in [0, 0.05) is 35.9 Å². The fourth-order valence-electron chi connectivity index (χ4n) is 3.60. The predicted octanol–water partition coefficient (Wildman–Crippen LogP) is 4.14. The Morgan fingerprint density at radius 1 is 1.11 bits per heavy atom. The first-order valence-electron chi connectivity index (χ1n) is 9.21. The number of carbonyl (C=O) groups is 2. The summed E-state index contributed by atoms with van der Waals surface area (Å²) >= 11 is 0. The number of hydrogen-bond acceptors (Lipinski definition) is 5. The lowest BCUT2D eigenvalue weighted by atomic mass is 9.82. The summed E-state index contributed by atoms with van der Waals surface area (Å²) in [4.78, 5) is 31.9. The second kappa shape index (κ2) is 7.31. The molecular formula is C21H21N3O3. The number of aldehydes is 1. The van der Waals surface area contributed by atoms with Crippen molar-refractivity contribution in [1.29, 1.82) is 0 Å². The van der Waals surface area contributed by atoms with Crippen molar-refractivity contribution < 1.29 is 14.0 Å². The highest BCUT2D eigenvalue weighted by Gasteiger charge is 2.26. The molecule has 0 unspecified atom stereocenters. The molecule has 1 N–H and O–H groups in total. The van der Waals surface area contributed by atoms with Crippen LogP contribution in [0.25, 0.3) is 22.1 Å². The van der Waals surface area contributed by atoms with Crippen molar-refractivity contribution in [2.75, 3.05) is 5.32 Å². The summed E-state index contributed by atoms with van der Waals surface area (Å²) in [5.74, 6) is 1.90. The molecule has 0 bridgehead atoms. The molecule has 1 amide bonds. The molecule has 1 aromatic carbocycles. The van der Waals surface area contributed by atoms with Crippen LogP contribution in [0.1, 0.15) is 31.6 Å². The summed E-state index contributed by atoms with van der Waals surface area (Å²) in [6, 6.07) is 7.81. The second-order valence-electron chi connectivity index (χ2n) is 7.11. The van der Waals surface area contributed by atoms with Crippen molar-refractivity contribution in [3.63, 3.8) is 0 Å². The SMILES string of the molecule is Cc1ncc(-c2ccc3cnc(NC(=O)C4CCC(C=O)CC4)cc3c2)o1. The van der Waals surface area contributed by atoms with Crippen LogP contribution < -0.4 is 5.32 Å². The number of oxazole rings is 1. The van der Waals surface area contributed by atoms with E-state index in [1.54, 1.807) is 12.4 Å². The molecule has 0 saturated heterocycles. The highest BCUT2D eigenvalue weighted by molar-refractivity contribution is 5.95. The van der Waals surface area contributed by atoms with Crippen LogP contribution in [0.15, 0.2) is 41.1 Å². The van der Waals surface area contributed by atoms with Gasteiger partial charge >= 0.3 is 0 Å². The number of aryl methyl sites for hydroxylation is 1. The number of fused-ring (bicyclic) bond motifs is 1. The van der Waals surface area contributed by atoms with Gasteiger partial charge < -0.3 is 14.5 Å². The third-order valence-corrected chi connectivity index (χ3v) is 5.21. The molecule has 3 aromatic rings. The molecule has 1 fully saturated rings. The van der Waals surface area contributed by atoms with Gasteiger partial charge in [-0.1, -0.05) is 12.1 Å². The molecule has 1 saturated carbocycles. The van der Waals surface area contributed by atoms with Gasteiger partial charge in [0.25, 0.3) is 0 Å². The molecule has 0 aliphatic heterocycles. The van der Waals surface area contributed by atoms with Gasteiger partial charge in [-0.15, -0.1) is 0 Å². The number of rotatable bonds is 4. The van der Waals surface area contributed by atoms with Crippen molar-refractivity contribution in [2.45, 2.75) is 32.6 Å². The lowest BCUT2D eigenvalue weighted by Crippen LogP contribution is -2.27. The Kier molecular flexibility index (Phi) is 4.71. The summed E-state index contributed by atoms with van der Waals surface area (Å²) in [6.45, 7) is 1.81. The van der Waals surface area contributed by atoms with Crippen LogP contribution in [0.2, 0.25) is 0 Å². The Labute approximate surface area is 157 Å². The summed E-state index contributed by atoms with van der Waals surface area (Å²) in [6.07, 6.45) is 7.53. The average molecular weight is 363 g/mol. The number of nitrogens with one attached hydrogen (secondary N) is 1. The fraction of sp³-hybridized carbons (Fsp3) is 0.333. The van der Waals surface area contributed by atoms with E-state index in [2.05, 4.69) is 15.3 Å². The van der Waals surface area contributed by atoms with Crippen LogP contribution in [-0.4, -0.2) is 22.2 Å². The molecule has 2 heterocycles. The van der Waals surface area contributed by atoms with E-state index in [-0.39, 0.29) is 17.7 Å². The Balaban J connectivity index is 1.52. The molecule has 1 aliphatic carbocycles. The Hall–Kier alpha value is -3.02. The lowest BCUT2D eigenvalue weighted by Gasteiger charge is -2.24. The summed E-state index contributed by atoms with van der Waals surface area (Å²) in [7, 11) is 0. The minimum absolute atomic E-state index is 0.0202. The van der Waals surface area contributed by atoms with E-state index in [0.717, 1.165) is 48.3 Å². The molecule has 4 rings (SSSR count). The molecule has 6 nitrogen and oxygen atoms in total. The fourth-order valence-corrected chi connectivity index (χ4v) is 3.60. The van der Waals surface area contributed by atoms with Gasteiger partial charge in [0.15, 0.2) is 11.7 Å². The normalized spacial score (nSPS) is 19.7. The third-order valence-electron chi connectivity index (χ3n) is 5.21. The number of aromatic nitrogens is 2. The molecular weight excluding hydrogens is 342 g/mol. The molecule has 0 spiro atoms. The number of hydrogen-bond donors (Lipinski definition) is 1. The van der Waals surface area contributed by atoms with E-state index in [1.165, 1.54) is 0 Å². The Morgan fingerprint density at radius 3 is 2.63 bits per heavy atom. The van der Waals surface area contributed by atoms with E-state index in [0.29, 0.717) is 17.5 Å². The molecule has 138 valence electrons. The van der Waals surface area contributed by atoms with Crippen LogP contribution in [0.4, 0.5) is 5.82 Å². The van der Waals surface area contributed by atoms with Crippen molar-refractivity contribution in [1.82, 2.24) is 9.97 Å². The molecule has 2 aromatic heterocycles. The zero-order valence-corrected chi connectivity index (χ0v) is 15.1. The van der Waals surface area contributed by atoms with Crippen molar-refractivity contribution in [3.8, 4) is 11.3 Å². The van der Waals surface area contributed by atoms with Gasteiger partial charge in [-0.05, 0) is 43.2 Å². The molecule has 0 radical (unpaired) electrons. The number of nitrogens with zero attached hydrogens (tertiary/aromatic N) is 2. The molecule has 1 aliphatic rings. The van der Waals surface area contributed by atoms with Gasteiger partial charge in [0.05, 0.1) is 6.20 Å². The molecule has 0 atom stereocenters. The number of amides is 1. The van der Waals surface area contributed by atoms with Crippen LogP contribution in [0.3, 0.4) is 0 Å². The minimum Gasteiger partial charge on any atom is -0.441 e. The average Bonchev–Trinajstić information content (AvgIpc) is 3.14. The smallest absolute Gasteiger partial charge is 0.228 e. The van der Waals surface area contributed by atoms with E-state index in [4.69, 9.17) is 4.42 Å². The zero-order chi connectivity index (χ0) is 18.8. The summed E-state index contributed by atoms with van der Waals surface area (Å²) < 4.78 is 5.59. The highest BCUT2D eigenvalue weighted by atomic mass is 16.4. The van der Waals surface area contributed by atoms with Gasteiger partial charge in [-0.3, -0.25) is 4.79 Å². The van der Waals surface area contributed by atoms with Crippen LogP contribution in [-0.2, 0) is 9.59 Å². The van der Waals surface area contributed by atoms with E-state index < -0.39 is 0 Å². The highest BCUT2D eigenvalue weighted by Crippen LogP contribution is 2.29. The van der Waals surface area contributed by atoms with Gasteiger partial charge in [-0.25, -0.2) is 9.97 Å². The summed E-state index contributed by atoms with van der Waals surface area (Å²) in [5.41, 5.74) is 0.929. The number of benzene rings is 1. The Bertz CT molecular complexity index is 987. The van der Waals surface area contributed by atoms with E-state index in [9.17, 15) is 9.59 Å². The van der Waals surface area contributed by atoms with Crippen LogP contribution in [0.5, 0.6) is 0 Å². The number of pyridine rings is 1. The first-order chi connectivity index (χ1) is 13.1. The van der Waals surface area contributed by atoms with Crippen molar-refractivity contribution >= 4 is 28.8 Å². The van der Waals surface area contributed by atoms with E-state index >= 15 is 0 Å². The van der Waals surface area contributed by atoms with Gasteiger partial charge in [0.1, 0.15) is 12.1 Å². The number of carbonyl (C=O) groups excluding carboxylic acids is 2. The minimum atomic E-state index is -0.0535. The molecule has 6 heteroatoms. The first kappa shape index (κ1) is 17.4. The maximum absolute atomic E-state index is 12.5. The monoisotopic (exact) mass is 363 g/mol. The van der Waals surface area contributed by atoms with Crippen molar-refractivity contribution in [3.05, 3.63) is 42.5 Å². The standard InChI is InChI=1S/C21H21N3O3/c1-13-22-11-19(27-13)16-6-7-17-10-23-20(9-18(17)8-16)24-21(26)15-4-2-14(12-25)3-5-15/h6-12,14-15H,2-5H2,1H3,(H,23,24,26). The maximum atomic E-state index is 12.5. The quantitative estimate of drug-likeness (QED) is 0.704. The van der Waals surface area contributed by atoms with Gasteiger partial charge in [-0.2, -0.15) is 0 Å². The first-order valence-corrected chi connectivity index (χ1v) is 9.21. The third kappa shape index (κ3) is 3.74. The maximum Gasteiger partial charge on any atom is 0.228 e. The largest absolute Gasteiger partial charge is 0.441 e. The lowest BCUT2D eigenvalue weighted by molar-refractivity contribution is -0.122. The topological polar surface area (TPSA) is 85.1 Å². The van der Waals surface area contributed by atoms with Crippen LogP contribution >= 0.6 is 0 Å². The zero-order valence-electron chi connectivity index (χ0n) is 15.1. The second-order valence-corrected chi connectivity index (χ2v) is 7.11.